The molecule has 0 bridgehead atoms. The van der Waals surface area contributed by atoms with Crippen molar-refractivity contribution < 1.29 is 4.79 Å². The summed E-state index contributed by atoms with van der Waals surface area (Å²) in [6, 6.07) is 15.0. The molecule has 1 unspecified atom stereocenters. The van der Waals surface area contributed by atoms with Crippen molar-refractivity contribution in [1.29, 1.82) is 0 Å². The predicted molar refractivity (Wildman–Crippen MR) is 117 cm³/mol. The summed E-state index contributed by atoms with van der Waals surface area (Å²) in [6.45, 7) is 8.12. The summed E-state index contributed by atoms with van der Waals surface area (Å²) < 4.78 is 0. The van der Waals surface area contributed by atoms with Crippen LogP contribution in [0.25, 0.3) is 0 Å². The molecule has 0 spiro atoms. The molecule has 2 fully saturated rings. The van der Waals surface area contributed by atoms with Crippen LogP contribution in [-0.4, -0.2) is 59.5 Å². The Kier molecular flexibility index (Phi) is 6.45. The van der Waals surface area contributed by atoms with Gasteiger partial charge in [0.2, 0.25) is 0 Å². The molecule has 29 heavy (non-hydrogen) atoms. The standard InChI is InChI=1S/C24H32N4O/c1-2-21-10-6-7-13-28(21)24(29)23-12-11-22(18-25-23)27-16-14-26(15-17-27)19-20-8-4-3-5-9-20/h3-5,8-9,11-12,18,21H,2,6-7,10,13-17,19H2,1H3. The lowest BCUT2D eigenvalue weighted by atomic mass is 9.99. The summed E-state index contributed by atoms with van der Waals surface area (Å²) in [6.07, 6.45) is 6.36. The highest BCUT2D eigenvalue weighted by Gasteiger charge is 2.27. The van der Waals surface area contributed by atoms with E-state index < -0.39 is 0 Å². The molecule has 0 aliphatic carbocycles. The number of amides is 1. The zero-order chi connectivity index (χ0) is 20.1. The fourth-order valence-electron chi connectivity index (χ4n) is 4.54. The molecule has 2 aromatic rings. The number of carbonyl (C=O) groups excluding carboxylic acids is 1. The van der Waals surface area contributed by atoms with Gasteiger partial charge in [-0.1, -0.05) is 37.3 Å². The molecular formula is C24H32N4O. The van der Waals surface area contributed by atoms with Crippen molar-refractivity contribution in [3.05, 3.63) is 59.9 Å². The minimum Gasteiger partial charge on any atom is -0.368 e. The van der Waals surface area contributed by atoms with Gasteiger partial charge in [-0.25, -0.2) is 4.98 Å². The number of nitrogens with zero attached hydrogens (tertiary/aromatic N) is 4. The third-order valence-corrected chi connectivity index (χ3v) is 6.31. The average molecular weight is 393 g/mol. The van der Waals surface area contributed by atoms with Crippen LogP contribution in [0.3, 0.4) is 0 Å². The number of hydrogen-bond acceptors (Lipinski definition) is 4. The highest BCUT2D eigenvalue weighted by molar-refractivity contribution is 5.92. The predicted octanol–water partition coefficient (Wildman–Crippen LogP) is 3.81. The largest absolute Gasteiger partial charge is 0.368 e. The van der Waals surface area contributed by atoms with Crippen LogP contribution in [0.4, 0.5) is 5.69 Å². The minimum absolute atomic E-state index is 0.0933. The van der Waals surface area contributed by atoms with Crippen LogP contribution in [-0.2, 0) is 6.54 Å². The number of aromatic nitrogens is 1. The van der Waals surface area contributed by atoms with Gasteiger partial charge in [-0.05, 0) is 43.4 Å². The van der Waals surface area contributed by atoms with E-state index in [1.165, 1.54) is 12.0 Å². The smallest absolute Gasteiger partial charge is 0.272 e. The van der Waals surface area contributed by atoms with Crippen molar-refractivity contribution in [2.24, 2.45) is 0 Å². The molecule has 2 aliphatic rings. The van der Waals surface area contributed by atoms with Crippen LogP contribution in [0, 0.1) is 0 Å². The monoisotopic (exact) mass is 392 g/mol. The van der Waals surface area contributed by atoms with Gasteiger partial charge >= 0.3 is 0 Å². The number of piperazine rings is 1. The van der Waals surface area contributed by atoms with Crippen molar-refractivity contribution in [2.75, 3.05) is 37.6 Å². The van der Waals surface area contributed by atoms with Gasteiger partial charge < -0.3 is 9.80 Å². The topological polar surface area (TPSA) is 39.7 Å². The van der Waals surface area contributed by atoms with Gasteiger partial charge in [0.1, 0.15) is 5.69 Å². The van der Waals surface area contributed by atoms with E-state index in [0.29, 0.717) is 11.7 Å². The molecule has 2 saturated heterocycles. The average Bonchev–Trinajstić information content (AvgIpc) is 2.80. The number of piperidine rings is 1. The third kappa shape index (κ3) is 4.78. The fraction of sp³-hybridized carbons (Fsp3) is 0.500. The van der Waals surface area contributed by atoms with Crippen LogP contribution in [0.1, 0.15) is 48.7 Å². The lowest BCUT2D eigenvalue weighted by Crippen LogP contribution is -2.46. The molecule has 1 atom stereocenters. The lowest BCUT2D eigenvalue weighted by Gasteiger charge is -2.36. The molecule has 5 nitrogen and oxygen atoms in total. The lowest BCUT2D eigenvalue weighted by molar-refractivity contribution is 0.0602. The first kappa shape index (κ1) is 19.9. The van der Waals surface area contributed by atoms with E-state index >= 15 is 0 Å². The fourth-order valence-corrected chi connectivity index (χ4v) is 4.54. The number of anilines is 1. The minimum atomic E-state index is 0.0933. The first-order valence-electron chi connectivity index (χ1n) is 11.0. The normalized spacial score (nSPS) is 20.7. The number of pyridine rings is 1. The van der Waals surface area contributed by atoms with Crippen LogP contribution in [0.2, 0.25) is 0 Å². The summed E-state index contributed by atoms with van der Waals surface area (Å²) in [7, 11) is 0. The molecule has 0 N–H and O–H groups in total. The first-order valence-corrected chi connectivity index (χ1v) is 11.0. The number of benzene rings is 1. The number of rotatable bonds is 5. The summed E-state index contributed by atoms with van der Waals surface area (Å²) in [5, 5.41) is 0. The zero-order valence-corrected chi connectivity index (χ0v) is 17.5. The number of likely N-dealkylation sites (tertiary alicyclic amines) is 1. The van der Waals surface area contributed by atoms with Gasteiger partial charge in [-0.2, -0.15) is 0 Å². The summed E-state index contributed by atoms with van der Waals surface area (Å²) in [4.78, 5) is 24.4. The molecule has 3 heterocycles. The Labute approximate surface area is 174 Å². The maximum Gasteiger partial charge on any atom is 0.272 e. The van der Waals surface area contributed by atoms with Crippen LogP contribution < -0.4 is 4.90 Å². The Morgan fingerprint density at radius 3 is 2.48 bits per heavy atom. The number of carbonyl (C=O) groups is 1. The van der Waals surface area contributed by atoms with Crippen molar-refractivity contribution in [2.45, 2.75) is 45.2 Å². The van der Waals surface area contributed by atoms with Crippen molar-refractivity contribution in [3.8, 4) is 0 Å². The second-order valence-electron chi connectivity index (χ2n) is 8.21. The maximum atomic E-state index is 12.9. The molecule has 1 aromatic carbocycles. The maximum absolute atomic E-state index is 12.9. The highest BCUT2D eigenvalue weighted by Crippen LogP contribution is 2.22. The van der Waals surface area contributed by atoms with E-state index in [4.69, 9.17) is 0 Å². The Morgan fingerprint density at radius 2 is 1.79 bits per heavy atom. The summed E-state index contributed by atoms with van der Waals surface area (Å²) >= 11 is 0. The first-order chi connectivity index (χ1) is 14.2. The molecule has 0 saturated carbocycles. The Balaban J connectivity index is 1.33. The van der Waals surface area contributed by atoms with Gasteiger partial charge in [-0.15, -0.1) is 0 Å². The van der Waals surface area contributed by atoms with Crippen molar-refractivity contribution in [1.82, 2.24) is 14.8 Å². The van der Waals surface area contributed by atoms with Gasteiger partial charge in [0, 0.05) is 45.3 Å². The van der Waals surface area contributed by atoms with Crippen molar-refractivity contribution in [3.63, 3.8) is 0 Å². The third-order valence-electron chi connectivity index (χ3n) is 6.31. The quantitative estimate of drug-likeness (QED) is 0.776. The van der Waals surface area contributed by atoms with E-state index in [9.17, 15) is 4.79 Å². The van der Waals surface area contributed by atoms with Gasteiger partial charge in [0.05, 0.1) is 11.9 Å². The molecule has 4 rings (SSSR count). The van der Waals surface area contributed by atoms with E-state index in [1.54, 1.807) is 0 Å². The SMILES string of the molecule is CCC1CCCCN1C(=O)c1ccc(N2CCN(Cc3ccccc3)CC2)cn1. The molecule has 1 amide bonds. The summed E-state index contributed by atoms with van der Waals surface area (Å²) in [5.41, 5.74) is 3.07. The van der Waals surface area contributed by atoms with E-state index in [1.807, 2.05) is 17.2 Å². The van der Waals surface area contributed by atoms with Crippen LogP contribution in [0.5, 0.6) is 0 Å². The van der Waals surface area contributed by atoms with Gasteiger partial charge in [0.15, 0.2) is 0 Å². The van der Waals surface area contributed by atoms with E-state index in [0.717, 1.165) is 64.2 Å². The van der Waals surface area contributed by atoms with Crippen molar-refractivity contribution >= 4 is 11.6 Å². The molecule has 5 heteroatoms. The molecule has 2 aliphatic heterocycles. The Bertz CT molecular complexity index is 784. The van der Waals surface area contributed by atoms with E-state index in [-0.39, 0.29) is 5.91 Å². The van der Waals surface area contributed by atoms with Crippen LogP contribution in [0.15, 0.2) is 48.7 Å². The summed E-state index contributed by atoms with van der Waals surface area (Å²) in [5.74, 6) is 0.0933. The molecule has 0 radical (unpaired) electrons. The van der Waals surface area contributed by atoms with Gasteiger partial charge in [-0.3, -0.25) is 9.69 Å². The van der Waals surface area contributed by atoms with Crippen LogP contribution >= 0.6 is 0 Å². The highest BCUT2D eigenvalue weighted by atomic mass is 16.2. The molecular weight excluding hydrogens is 360 g/mol. The van der Waals surface area contributed by atoms with Gasteiger partial charge in [0.25, 0.3) is 5.91 Å². The Morgan fingerprint density at radius 1 is 1.00 bits per heavy atom. The second kappa shape index (κ2) is 9.40. The van der Waals surface area contributed by atoms with E-state index in [2.05, 4.69) is 58.1 Å². The Hall–Kier alpha value is -2.40. The molecule has 1 aromatic heterocycles. The zero-order valence-electron chi connectivity index (χ0n) is 17.5. The second-order valence-corrected chi connectivity index (χ2v) is 8.21. The number of hydrogen-bond donors (Lipinski definition) is 0. The molecule has 154 valence electrons.